The third-order valence-corrected chi connectivity index (χ3v) is 4.39. The highest BCUT2D eigenvalue weighted by atomic mass is 32.2. The van der Waals surface area contributed by atoms with Crippen molar-refractivity contribution in [3.8, 4) is 5.75 Å². The van der Waals surface area contributed by atoms with Crippen LogP contribution in [0.3, 0.4) is 0 Å². The predicted octanol–water partition coefficient (Wildman–Crippen LogP) is 0.291. The van der Waals surface area contributed by atoms with Crippen molar-refractivity contribution < 1.29 is 17.9 Å². The fourth-order valence-corrected chi connectivity index (χ4v) is 2.77. The number of piperazine rings is 1. The van der Waals surface area contributed by atoms with Gasteiger partial charge in [0.25, 0.3) is 0 Å². The summed E-state index contributed by atoms with van der Waals surface area (Å²) in [7, 11) is -3.16. The average molecular weight is 312 g/mol. The van der Waals surface area contributed by atoms with Crippen LogP contribution in [0.1, 0.15) is 6.42 Å². The van der Waals surface area contributed by atoms with Gasteiger partial charge < -0.3 is 10.1 Å². The molecule has 6 nitrogen and oxygen atoms in total. The summed E-state index contributed by atoms with van der Waals surface area (Å²) in [6.45, 7) is 3.37. The molecular formula is C14H20N2O4S. The molecule has 7 heteroatoms. The highest BCUT2D eigenvalue weighted by molar-refractivity contribution is 7.90. The Hall–Kier alpha value is -1.60. The molecule has 1 aromatic rings. The zero-order valence-corrected chi connectivity index (χ0v) is 12.9. The number of benzene rings is 1. The molecular weight excluding hydrogens is 292 g/mol. The van der Waals surface area contributed by atoms with Crippen LogP contribution in [-0.2, 0) is 14.6 Å². The van der Waals surface area contributed by atoms with Crippen LogP contribution < -0.4 is 10.1 Å². The quantitative estimate of drug-likeness (QED) is 0.764. The Balaban J connectivity index is 1.72. The molecule has 21 heavy (non-hydrogen) atoms. The fraction of sp³-hybridized carbons (Fsp3) is 0.500. The van der Waals surface area contributed by atoms with Gasteiger partial charge in [-0.25, -0.2) is 8.42 Å². The third-order valence-electron chi connectivity index (χ3n) is 3.26. The molecule has 0 saturated carbocycles. The maximum Gasteiger partial charge on any atom is 0.234 e. The Kier molecular flexibility index (Phi) is 5.19. The monoisotopic (exact) mass is 312 g/mol. The minimum Gasteiger partial charge on any atom is -0.494 e. The van der Waals surface area contributed by atoms with Crippen molar-refractivity contribution in [2.45, 2.75) is 11.3 Å². The summed E-state index contributed by atoms with van der Waals surface area (Å²) in [5, 5.41) is 2.78. The summed E-state index contributed by atoms with van der Waals surface area (Å²) in [5.41, 5.74) is 0. The van der Waals surface area contributed by atoms with Gasteiger partial charge in [0, 0.05) is 25.9 Å². The highest BCUT2D eigenvalue weighted by Crippen LogP contribution is 2.15. The van der Waals surface area contributed by atoms with Gasteiger partial charge in [-0.3, -0.25) is 9.69 Å². The molecule has 0 unspecified atom stereocenters. The topological polar surface area (TPSA) is 75.7 Å². The molecule has 1 amide bonds. The Bertz CT molecular complexity index is 583. The van der Waals surface area contributed by atoms with E-state index in [1.807, 2.05) is 0 Å². The van der Waals surface area contributed by atoms with Gasteiger partial charge in [0.15, 0.2) is 9.84 Å². The number of nitrogens with zero attached hydrogens (tertiary/aromatic N) is 1. The lowest BCUT2D eigenvalue weighted by atomic mass is 10.3. The second-order valence-electron chi connectivity index (χ2n) is 5.07. The van der Waals surface area contributed by atoms with Gasteiger partial charge in [-0.2, -0.15) is 0 Å². The molecule has 0 bridgehead atoms. The van der Waals surface area contributed by atoms with E-state index in [-0.39, 0.29) is 10.8 Å². The number of amides is 1. The van der Waals surface area contributed by atoms with Crippen molar-refractivity contribution >= 4 is 15.7 Å². The summed E-state index contributed by atoms with van der Waals surface area (Å²) in [6.07, 6.45) is 2.00. The molecule has 1 fully saturated rings. The molecule has 1 aromatic carbocycles. The molecule has 1 N–H and O–H groups in total. The van der Waals surface area contributed by atoms with Gasteiger partial charge >= 0.3 is 0 Å². The third kappa shape index (κ3) is 5.02. The van der Waals surface area contributed by atoms with E-state index >= 15 is 0 Å². The molecule has 0 spiro atoms. The first-order chi connectivity index (χ1) is 9.95. The summed E-state index contributed by atoms with van der Waals surface area (Å²) < 4.78 is 28.2. The van der Waals surface area contributed by atoms with Crippen LogP contribution in [0.15, 0.2) is 29.2 Å². The maximum atomic E-state index is 11.3. The molecule has 1 aliphatic heterocycles. The smallest absolute Gasteiger partial charge is 0.234 e. The van der Waals surface area contributed by atoms with Crippen LogP contribution in [0.5, 0.6) is 5.75 Å². The lowest BCUT2D eigenvalue weighted by Gasteiger charge is -2.26. The van der Waals surface area contributed by atoms with Crippen LogP contribution in [-0.4, -0.2) is 58.3 Å². The number of ether oxygens (including phenoxy) is 1. The number of sulfone groups is 1. The van der Waals surface area contributed by atoms with Crippen LogP contribution in [0.2, 0.25) is 0 Å². The van der Waals surface area contributed by atoms with E-state index in [1.165, 1.54) is 6.26 Å². The van der Waals surface area contributed by atoms with E-state index in [1.54, 1.807) is 24.3 Å². The van der Waals surface area contributed by atoms with Crippen molar-refractivity contribution in [3.63, 3.8) is 0 Å². The molecule has 1 heterocycles. The highest BCUT2D eigenvalue weighted by Gasteiger charge is 2.15. The largest absolute Gasteiger partial charge is 0.494 e. The second-order valence-corrected chi connectivity index (χ2v) is 7.09. The summed E-state index contributed by atoms with van der Waals surface area (Å²) in [5.74, 6) is 0.720. The van der Waals surface area contributed by atoms with Crippen LogP contribution in [0.4, 0.5) is 0 Å². The Morgan fingerprint density at radius 1 is 1.29 bits per heavy atom. The van der Waals surface area contributed by atoms with Gasteiger partial charge in [0.05, 0.1) is 18.0 Å². The zero-order chi connectivity index (χ0) is 15.3. The summed E-state index contributed by atoms with van der Waals surface area (Å²) in [6, 6.07) is 6.40. The van der Waals surface area contributed by atoms with Gasteiger partial charge in [0.1, 0.15) is 5.75 Å². The Labute approximate surface area is 125 Å². The number of hydrogen-bond donors (Lipinski definition) is 1. The predicted molar refractivity (Wildman–Crippen MR) is 79.1 cm³/mol. The fourth-order valence-electron chi connectivity index (χ4n) is 2.14. The van der Waals surface area contributed by atoms with E-state index in [9.17, 15) is 13.2 Å². The van der Waals surface area contributed by atoms with E-state index in [0.29, 0.717) is 25.4 Å². The van der Waals surface area contributed by atoms with E-state index in [0.717, 1.165) is 19.5 Å². The number of carbonyl (C=O) groups is 1. The first-order valence-corrected chi connectivity index (χ1v) is 8.76. The number of nitrogens with one attached hydrogen (secondary N) is 1. The molecule has 1 saturated heterocycles. The van der Waals surface area contributed by atoms with Crippen molar-refractivity contribution in [1.29, 1.82) is 0 Å². The second kappa shape index (κ2) is 6.91. The Morgan fingerprint density at radius 2 is 2.00 bits per heavy atom. The molecule has 116 valence electrons. The standard InChI is InChI=1S/C14H20N2O4S/c1-21(18,19)13-5-3-12(4-6-13)20-10-2-8-16-9-7-15-14(17)11-16/h3-6H,2,7-11H2,1H3,(H,15,17). The van der Waals surface area contributed by atoms with Crippen molar-refractivity contribution in [2.24, 2.45) is 0 Å². The normalized spacial score (nSPS) is 16.5. The molecule has 2 rings (SSSR count). The van der Waals surface area contributed by atoms with Crippen LogP contribution in [0.25, 0.3) is 0 Å². The van der Waals surface area contributed by atoms with E-state index in [4.69, 9.17) is 4.74 Å². The number of carbonyl (C=O) groups excluding carboxylic acids is 1. The van der Waals surface area contributed by atoms with Gasteiger partial charge in [-0.15, -0.1) is 0 Å². The SMILES string of the molecule is CS(=O)(=O)c1ccc(OCCCN2CCNC(=O)C2)cc1. The molecule has 0 radical (unpaired) electrons. The minimum atomic E-state index is -3.16. The first kappa shape index (κ1) is 15.8. The van der Waals surface area contributed by atoms with Gasteiger partial charge in [-0.05, 0) is 30.7 Å². The molecule has 1 aliphatic rings. The van der Waals surface area contributed by atoms with Crippen LogP contribution >= 0.6 is 0 Å². The number of hydrogen-bond acceptors (Lipinski definition) is 5. The molecule has 0 aliphatic carbocycles. The van der Waals surface area contributed by atoms with Crippen molar-refractivity contribution in [1.82, 2.24) is 10.2 Å². The maximum absolute atomic E-state index is 11.3. The molecule has 0 atom stereocenters. The minimum absolute atomic E-state index is 0.0681. The van der Waals surface area contributed by atoms with Gasteiger partial charge in [-0.1, -0.05) is 0 Å². The molecule has 0 aromatic heterocycles. The Morgan fingerprint density at radius 3 is 2.62 bits per heavy atom. The van der Waals surface area contributed by atoms with Crippen molar-refractivity contribution in [2.75, 3.05) is 39.0 Å². The first-order valence-electron chi connectivity index (χ1n) is 6.87. The average Bonchev–Trinajstić information content (AvgIpc) is 2.43. The lowest BCUT2D eigenvalue weighted by molar-refractivity contribution is -0.124. The van der Waals surface area contributed by atoms with E-state index < -0.39 is 9.84 Å². The zero-order valence-electron chi connectivity index (χ0n) is 12.0. The lowest BCUT2D eigenvalue weighted by Crippen LogP contribution is -2.47. The van der Waals surface area contributed by atoms with E-state index in [2.05, 4.69) is 10.2 Å². The summed E-state index contributed by atoms with van der Waals surface area (Å²) in [4.78, 5) is 13.6. The number of rotatable bonds is 6. The van der Waals surface area contributed by atoms with Crippen molar-refractivity contribution in [3.05, 3.63) is 24.3 Å². The summed E-state index contributed by atoms with van der Waals surface area (Å²) >= 11 is 0. The van der Waals surface area contributed by atoms with Gasteiger partial charge in [0.2, 0.25) is 5.91 Å². The van der Waals surface area contributed by atoms with Crippen LogP contribution in [0, 0.1) is 0 Å².